The Morgan fingerprint density at radius 1 is 1.19 bits per heavy atom. The van der Waals surface area contributed by atoms with Gasteiger partial charge in [-0.2, -0.15) is 0 Å². The predicted octanol–water partition coefficient (Wildman–Crippen LogP) is 2.10. The van der Waals surface area contributed by atoms with E-state index in [0.29, 0.717) is 17.9 Å². The Balaban J connectivity index is 2.34. The van der Waals surface area contributed by atoms with Gasteiger partial charge in [0.1, 0.15) is 5.82 Å². The third-order valence-electron chi connectivity index (χ3n) is 3.31. The summed E-state index contributed by atoms with van der Waals surface area (Å²) in [6, 6.07) is 11.2. The van der Waals surface area contributed by atoms with Crippen molar-refractivity contribution in [2.24, 2.45) is 5.73 Å². The monoisotopic (exact) mass is 284 g/mol. The zero-order valence-electron chi connectivity index (χ0n) is 12.3. The van der Waals surface area contributed by atoms with Gasteiger partial charge in [-0.3, -0.25) is 4.79 Å². The Kier molecular flexibility index (Phi) is 4.42. The van der Waals surface area contributed by atoms with Crippen molar-refractivity contribution in [2.75, 3.05) is 17.2 Å². The molecule has 1 aromatic heterocycles. The maximum atomic E-state index is 11.6. The number of rotatable bonds is 5. The highest BCUT2D eigenvalue weighted by Gasteiger charge is 2.16. The van der Waals surface area contributed by atoms with Crippen molar-refractivity contribution >= 4 is 17.4 Å². The Labute approximate surface area is 124 Å². The summed E-state index contributed by atoms with van der Waals surface area (Å²) < 4.78 is 0. The number of nitrogen functional groups attached to an aromatic ring is 1. The van der Waals surface area contributed by atoms with Gasteiger partial charge in [-0.1, -0.05) is 12.1 Å². The number of nitrogens with two attached hydrogens (primary N) is 2. The molecule has 5 heteroatoms. The molecule has 0 spiro atoms. The fraction of sp³-hybridized carbons (Fsp3) is 0.250. The molecule has 110 valence electrons. The lowest BCUT2D eigenvalue weighted by molar-refractivity contribution is 0.100. The van der Waals surface area contributed by atoms with Gasteiger partial charge in [-0.15, -0.1) is 0 Å². The standard InChI is InChI=1S/C16H20N4O/c1-3-20(10-12-5-7-13(17)8-6-12)16-14(15(18)21)9-4-11(2)19-16/h4-9H,3,10,17H2,1-2H3,(H2,18,21). The Bertz CT molecular complexity index is 637. The molecule has 2 aromatic rings. The molecule has 0 aliphatic carbocycles. The molecule has 2 rings (SSSR count). The van der Waals surface area contributed by atoms with E-state index < -0.39 is 5.91 Å². The number of pyridine rings is 1. The van der Waals surface area contributed by atoms with E-state index >= 15 is 0 Å². The number of carbonyl (C=O) groups is 1. The highest BCUT2D eigenvalue weighted by Crippen LogP contribution is 2.20. The van der Waals surface area contributed by atoms with Gasteiger partial charge in [0.2, 0.25) is 0 Å². The van der Waals surface area contributed by atoms with Crippen LogP contribution in [0.3, 0.4) is 0 Å². The molecule has 0 aliphatic heterocycles. The molecular formula is C16H20N4O. The molecule has 1 heterocycles. The second-order valence-electron chi connectivity index (χ2n) is 4.94. The molecule has 0 unspecified atom stereocenters. The fourth-order valence-electron chi connectivity index (χ4n) is 2.16. The van der Waals surface area contributed by atoms with Crippen LogP contribution in [0.15, 0.2) is 36.4 Å². The first-order valence-corrected chi connectivity index (χ1v) is 6.88. The third kappa shape index (κ3) is 3.51. The molecule has 0 radical (unpaired) electrons. The van der Waals surface area contributed by atoms with Crippen molar-refractivity contribution in [1.82, 2.24) is 4.98 Å². The van der Waals surface area contributed by atoms with E-state index in [2.05, 4.69) is 4.98 Å². The topological polar surface area (TPSA) is 85.2 Å². The van der Waals surface area contributed by atoms with Crippen LogP contribution in [-0.2, 0) is 6.54 Å². The van der Waals surface area contributed by atoms with E-state index in [0.717, 1.165) is 23.5 Å². The van der Waals surface area contributed by atoms with E-state index in [4.69, 9.17) is 11.5 Å². The van der Waals surface area contributed by atoms with Crippen LogP contribution in [0.2, 0.25) is 0 Å². The number of amides is 1. The SMILES string of the molecule is CCN(Cc1ccc(N)cc1)c1nc(C)ccc1C(N)=O. The van der Waals surface area contributed by atoms with Gasteiger partial charge in [-0.25, -0.2) is 4.98 Å². The number of aryl methyl sites for hydroxylation is 1. The molecule has 0 saturated carbocycles. The number of aromatic nitrogens is 1. The zero-order chi connectivity index (χ0) is 15.4. The van der Waals surface area contributed by atoms with Crippen molar-refractivity contribution < 1.29 is 4.79 Å². The number of primary amides is 1. The summed E-state index contributed by atoms with van der Waals surface area (Å²) in [7, 11) is 0. The summed E-state index contributed by atoms with van der Waals surface area (Å²) in [5.74, 6) is 0.162. The molecule has 0 fully saturated rings. The predicted molar refractivity (Wildman–Crippen MR) is 85.1 cm³/mol. The second kappa shape index (κ2) is 6.26. The molecule has 0 saturated heterocycles. The van der Waals surface area contributed by atoms with Gasteiger partial charge in [-0.05, 0) is 43.7 Å². The summed E-state index contributed by atoms with van der Waals surface area (Å²) in [5, 5.41) is 0. The normalized spacial score (nSPS) is 10.4. The van der Waals surface area contributed by atoms with Crippen LogP contribution in [0, 0.1) is 6.92 Å². The average Bonchev–Trinajstić information content (AvgIpc) is 2.46. The summed E-state index contributed by atoms with van der Waals surface area (Å²) in [5.41, 5.74) is 14.3. The van der Waals surface area contributed by atoms with Crippen molar-refractivity contribution in [3.63, 3.8) is 0 Å². The Hall–Kier alpha value is -2.56. The lowest BCUT2D eigenvalue weighted by Crippen LogP contribution is -2.27. The van der Waals surface area contributed by atoms with Gasteiger partial charge in [0.15, 0.2) is 0 Å². The van der Waals surface area contributed by atoms with E-state index in [-0.39, 0.29) is 0 Å². The van der Waals surface area contributed by atoms with Gasteiger partial charge in [0, 0.05) is 24.5 Å². The molecule has 0 bridgehead atoms. The molecule has 1 aromatic carbocycles. The molecule has 0 atom stereocenters. The summed E-state index contributed by atoms with van der Waals surface area (Å²) in [4.78, 5) is 18.1. The minimum absolute atomic E-state index is 0.442. The number of anilines is 2. The number of hydrogen-bond donors (Lipinski definition) is 2. The molecule has 4 N–H and O–H groups in total. The molecular weight excluding hydrogens is 264 g/mol. The maximum Gasteiger partial charge on any atom is 0.252 e. The Morgan fingerprint density at radius 2 is 1.86 bits per heavy atom. The minimum Gasteiger partial charge on any atom is -0.399 e. The van der Waals surface area contributed by atoms with Crippen molar-refractivity contribution in [3.8, 4) is 0 Å². The Morgan fingerprint density at radius 3 is 2.43 bits per heavy atom. The van der Waals surface area contributed by atoms with E-state index in [1.165, 1.54) is 0 Å². The summed E-state index contributed by atoms with van der Waals surface area (Å²) >= 11 is 0. The summed E-state index contributed by atoms with van der Waals surface area (Å²) in [6.45, 7) is 5.28. The van der Waals surface area contributed by atoms with Crippen LogP contribution in [0.5, 0.6) is 0 Å². The van der Waals surface area contributed by atoms with E-state index in [9.17, 15) is 4.79 Å². The van der Waals surface area contributed by atoms with Gasteiger partial charge in [0.25, 0.3) is 5.91 Å². The zero-order valence-corrected chi connectivity index (χ0v) is 12.3. The molecule has 21 heavy (non-hydrogen) atoms. The van der Waals surface area contributed by atoms with Crippen LogP contribution < -0.4 is 16.4 Å². The largest absolute Gasteiger partial charge is 0.399 e. The quantitative estimate of drug-likeness (QED) is 0.823. The highest BCUT2D eigenvalue weighted by molar-refractivity contribution is 5.97. The fourth-order valence-corrected chi connectivity index (χ4v) is 2.16. The second-order valence-corrected chi connectivity index (χ2v) is 4.94. The van der Waals surface area contributed by atoms with E-state index in [1.54, 1.807) is 12.1 Å². The number of carbonyl (C=O) groups excluding carboxylic acids is 1. The van der Waals surface area contributed by atoms with Gasteiger partial charge in [0.05, 0.1) is 5.56 Å². The minimum atomic E-state index is -0.465. The van der Waals surface area contributed by atoms with Crippen molar-refractivity contribution in [2.45, 2.75) is 20.4 Å². The van der Waals surface area contributed by atoms with Gasteiger partial charge >= 0.3 is 0 Å². The van der Waals surface area contributed by atoms with Crippen molar-refractivity contribution in [3.05, 3.63) is 53.2 Å². The molecule has 0 aliphatic rings. The lowest BCUT2D eigenvalue weighted by atomic mass is 10.1. The van der Waals surface area contributed by atoms with E-state index in [1.807, 2.05) is 43.0 Å². The van der Waals surface area contributed by atoms with Crippen LogP contribution in [0.1, 0.15) is 28.5 Å². The third-order valence-corrected chi connectivity index (χ3v) is 3.31. The first-order valence-electron chi connectivity index (χ1n) is 6.88. The summed E-state index contributed by atoms with van der Waals surface area (Å²) in [6.07, 6.45) is 0. The van der Waals surface area contributed by atoms with Crippen LogP contribution in [0.25, 0.3) is 0 Å². The van der Waals surface area contributed by atoms with Crippen LogP contribution in [0.4, 0.5) is 11.5 Å². The number of nitrogens with zero attached hydrogens (tertiary/aromatic N) is 2. The number of benzene rings is 1. The van der Waals surface area contributed by atoms with Crippen molar-refractivity contribution in [1.29, 1.82) is 0 Å². The molecule has 5 nitrogen and oxygen atoms in total. The first-order chi connectivity index (χ1) is 10.0. The smallest absolute Gasteiger partial charge is 0.252 e. The van der Waals surface area contributed by atoms with Crippen LogP contribution in [-0.4, -0.2) is 17.4 Å². The maximum absolute atomic E-state index is 11.6. The van der Waals surface area contributed by atoms with Gasteiger partial charge < -0.3 is 16.4 Å². The molecule has 1 amide bonds. The first kappa shape index (κ1) is 14.8. The van der Waals surface area contributed by atoms with Crippen LogP contribution >= 0.6 is 0 Å². The lowest BCUT2D eigenvalue weighted by Gasteiger charge is -2.24. The highest BCUT2D eigenvalue weighted by atomic mass is 16.1. The number of hydrogen-bond acceptors (Lipinski definition) is 4. The average molecular weight is 284 g/mol.